The van der Waals surface area contributed by atoms with Crippen LogP contribution in [0.2, 0.25) is 0 Å². The molecule has 0 unspecified atom stereocenters. The van der Waals surface area contributed by atoms with Crippen molar-refractivity contribution in [3.8, 4) is 11.4 Å². The molecule has 7 heteroatoms. The van der Waals surface area contributed by atoms with E-state index in [9.17, 15) is 4.79 Å². The lowest BCUT2D eigenvalue weighted by atomic mass is 9.79. The minimum Gasteiger partial charge on any atom is -0.347 e. The first-order valence-electron chi connectivity index (χ1n) is 10.1. The molecule has 29 heavy (non-hydrogen) atoms. The Bertz CT molecular complexity index is 1020. The molecular weight excluding hydrogens is 364 g/mol. The highest BCUT2D eigenvalue weighted by atomic mass is 16.2. The van der Waals surface area contributed by atoms with Crippen molar-refractivity contribution >= 4 is 17.5 Å². The van der Waals surface area contributed by atoms with E-state index in [1.54, 1.807) is 25.5 Å². The van der Waals surface area contributed by atoms with Gasteiger partial charge in [0.2, 0.25) is 11.9 Å². The predicted octanol–water partition coefficient (Wildman–Crippen LogP) is 3.80. The Morgan fingerprint density at radius 1 is 1.17 bits per heavy atom. The van der Waals surface area contributed by atoms with Crippen LogP contribution in [-0.4, -0.2) is 31.9 Å². The van der Waals surface area contributed by atoms with Gasteiger partial charge in [-0.15, -0.1) is 0 Å². The van der Waals surface area contributed by atoms with Gasteiger partial charge in [0.25, 0.3) is 0 Å². The molecule has 1 aliphatic carbocycles. The first-order chi connectivity index (χ1) is 14.1. The monoisotopic (exact) mass is 388 g/mol. The number of rotatable bonds is 4. The molecule has 1 aromatic carbocycles. The Hall–Kier alpha value is -3.22. The van der Waals surface area contributed by atoms with Crippen molar-refractivity contribution in [1.82, 2.24) is 19.9 Å². The van der Waals surface area contributed by atoms with Crippen LogP contribution >= 0.6 is 0 Å². The average Bonchev–Trinajstić information content (AvgIpc) is 3.42. The summed E-state index contributed by atoms with van der Waals surface area (Å²) in [6.45, 7) is 3.89. The number of imidazole rings is 1. The van der Waals surface area contributed by atoms with Gasteiger partial charge >= 0.3 is 0 Å². The number of nitrogens with one attached hydrogen (secondary N) is 2. The van der Waals surface area contributed by atoms with Crippen LogP contribution in [0.3, 0.4) is 0 Å². The molecule has 1 fully saturated rings. The molecule has 3 heterocycles. The van der Waals surface area contributed by atoms with Crippen molar-refractivity contribution in [2.24, 2.45) is 11.8 Å². The van der Waals surface area contributed by atoms with Crippen LogP contribution in [0.4, 0.5) is 11.6 Å². The van der Waals surface area contributed by atoms with Crippen molar-refractivity contribution in [3.05, 3.63) is 54.6 Å². The summed E-state index contributed by atoms with van der Waals surface area (Å²) in [5.74, 6) is 2.27. The van der Waals surface area contributed by atoms with E-state index >= 15 is 0 Å². The van der Waals surface area contributed by atoms with Crippen LogP contribution in [0.15, 0.2) is 49.1 Å². The predicted molar refractivity (Wildman–Crippen MR) is 111 cm³/mol. The lowest BCUT2D eigenvalue weighted by Crippen LogP contribution is -2.51. The molecule has 2 aliphatic rings. The molecule has 0 saturated heterocycles. The molecule has 148 valence electrons. The third-order valence-corrected chi connectivity index (χ3v) is 6.05. The molecule has 0 radical (unpaired) electrons. The zero-order chi connectivity index (χ0) is 20.0. The van der Waals surface area contributed by atoms with E-state index in [-0.39, 0.29) is 23.9 Å². The number of H-pyrrole nitrogens is 1. The normalized spacial score (nSPS) is 23.5. The topological polar surface area (TPSA) is 86.8 Å². The summed E-state index contributed by atoms with van der Waals surface area (Å²) in [6.07, 6.45) is 9.39. The molecule has 7 nitrogen and oxygen atoms in total. The second-order valence-electron chi connectivity index (χ2n) is 7.98. The highest BCUT2D eigenvalue weighted by Gasteiger charge is 2.47. The number of hydrogen-bond acceptors (Lipinski definition) is 5. The maximum Gasteiger partial charge on any atom is 0.224 e. The maximum absolute atomic E-state index is 12.7. The molecule has 3 aromatic rings. The van der Waals surface area contributed by atoms with Gasteiger partial charge in [0.15, 0.2) is 0 Å². The summed E-state index contributed by atoms with van der Waals surface area (Å²) in [5.41, 5.74) is 3.04. The van der Waals surface area contributed by atoms with Crippen LogP contribution in [0, 0.1) is 11.8 Å². The van der Waals surface area contributed by atoms with Gasteiger partial charge in [0.05, 0.1) is 6.04 Å². The fourth-order valence-corrected chi connectivity index (χ4v) is 4.65. The molecule has 0 spiro atoms. The minimum atomic E-state index is 0.00325. The fourth-order valence-electron chi connectivity index (χ4n) is 4.65. The number of benzene rings is 1. The third kappa shape index (κ3) is 3.16. The van der Waals surface area contributed by atoms with E-state index in [0.717, 1.165) is 22.6 Å². The molecule has 1 saturated carbocycles. The molecule has 5 rings (SSSR count). The zero-order valence-corrected chi connectivity index (χ0v) is 16.5. The maximum atomic E-state index is 12.7. The van der Waals surface area contributed by atoms with Gasteiger partial charge in [0.1, 0.15) is 5.82 Å². The molecule has 0 bridgehead atoms. The van der Waals surface area contributed by atoms with Crippen LogP contribution in [-0.2, 0) is 4.79 Å². The average molecular weight is 388 g/mol. The lowest BCUT2D eigenvalue weighted by Gasteiger charge is -2.45. The highest BCUT2D eigenvalue weighted by molar-refractivity contribution is 5.94. The van der Waals surface area contributed by atoms with Crippen molar-refractivity contribution < 1.29 is 4.79 Å². The Morgan fingerprint density at radius 2 is 1.97 bits per heavy atom. The van der Waals surface area contributed by atoms with Crippen molar-refractivity contribution in [2.45, 2.75) is 38.8 Å². The van der Waals surface area contributed by atoms with E-state index in [2.05, 4.69) is 44.3 Å². The van der Waals surface area contributed by atoms with Crippen LogP contribution in [0.25, 0.3) is 11.4 Å². The number of aromatic amines is 1. The van der Waals surface area contributed by atoms with Gasteiger partial charge in [0, 0.05) is 54.9 Å². The molecule has 1 amide bonds. The summed E-state index contributed by atoms with van der Waals surface area (Å²) < 4.78 is 0. The van der Waals surface area contributed by atoms with Crippen molar-refractivity contribution in [2.75, 3.05) is 10.2 Å². The number of fused-ring (bicyclic) bond motifs is 1. The molecular formula is C22H24N6O. The SMILES string of the molecule is CC(=O)N1c2ccc(-c3ncc[nH]3)cc2[C@H](Nc2ncccn2)[C@@H](C)[C@@H]1C1CC1. The third-order valence-electron chi connectivity index (χ3n) is 6.05. The number of carbonyl (C=O) groups is 1. The van der Waals surface area contributed by atoms with Gasteiger partial charge in [-0.3, -0.25) is 4.79 Å². The van der Waals surface area contributed by atoms with E-state index in [1.807, 2.05) is 23.2 Å². The smallest absolute Gasteiger partial charge is 0.224 e. The van der Waals surface area contributed by atoms with Crippen LogP contribution in [0.5, 0.6) is 0 Å². The zero-order valence-electron chi connectivity index (χ0n) is 16.5. The first-order valence-corrected chi connectivity index (χ1v) is 10.1. The quantitative estimate of drug-likeness (QED) is 0.710. The summed E-state index contributed by atoms with van der Waals surface area (Å²) in [5, 5.41) is 3.54. The summed E-state index contributed by atoms with van der Waals surface area (Å²) >= 11 is 0. The van der Waals surface area contributed by atoms with Gasteiger partial charge in [-0.05, 0) is 48.6 Å². The largest absolute Gasteiger partial charge is 0.347 e. The Balaban J connectivity index is 1.64. The second-order valence-corrected chi connectivity index (χ2v) is 7.98. The minimum absolute atomic E-state index is 0.00325. The van der Waals surface area contributed by atoms with Crippen molar-refractivity contribution in [1.29, 1.82) is 0 Å². The number of amides is 1. The summed E-state index contributed by atoms with van der Waals surface area (Å²) in [6, 6.07) is 8.20. The molecule has 2 N–H and O–H groups in total. The summed E-state index contributed by atoms with van der Waals surface area (Å²) in [4.78, 5) is 31.0. The van der Waals surface area contributed by atoms with Crippen LogP contribution < -0.4 is 10.2 Å². The summed E-state index contributed by atoms with van der Waals surface area (Å²) in [7, 11) is 0. The fraction of sp³-hybridized carbons (Fsp3) is 0.364. The Morgan fingerprint density at radius 3 is 2.62 bits per heavy atom. The van der Waals surface area contributed by atoms with E-state index in [4.69, 9.17) is 0 Å². The van der Waals surface area contributed by atoms with E-state index in [0.29, 0.717) is 11.9 Å². The Labute approximate surface area is 169 Å². The van der Waals surface area contributed by atoms with E-state index < -0.39 is 0 Å². The molecule has 2 aromatic heterocycles. The number of anilines is 2. The van der Waals surface area contributed by atoms with E-state index in [1.165, 1.54) is 12.8 Å². The second kappa shape index (κ2) is 6.99. The van der Waals surface area contributed by atoms with Gasteiger partial charge in [-0.1, -0.05) is 6.92 Å². The number of aromatic nitrogens is 4. The lowest BCUT2D eigenvalue weighted by molar-refractivity contribution is -0.117. The van der Waals surface area contributed by atoms with Gasteiger partial charge < -0.3 is 15.2 Å². The number of nitrogens with zero attached hydrogens (tertiary/aromatic N) is 4. The highest BCUT2D eigenvalue weighted by Crippen LogP contribution is 2.50. The Kier molecular flexibility index (Phi) is 4.30. The number of carbonyl (C=O) groups excluding carboxylic acids is 1. The molecule has 3 atom stereocenters. The van der Waals surface area contributed by atoms with Gasteiger partial charge in [-0.25, -0.2) is 15.0 Å². The number of hydrogen-bond donors (Lipinski definition) is 2. The first kappa shape index (κ1) is 17.8. The molecule has 1 aliphatic heterocycles. The van der Waals surface area contributed by atoms with Gasteiger partial charge in [-0.2, -0.15) is 0 Å². The van der Waals surface area contributed by atoms with Crippen molar-refractivity contribution in [3.63, 3.8) is 0 Å². The standard InChI is InChI=1S/C22H24N6O/c1-13-19(27-22-25-8-3-9-26-22)17-12-16(21-23-10-11-24-21)6-7-18(17)28(14(2)29)20(13)15-4-5-15/h3,6-13,15,19-20H,4-5H2,1-2H3,(H,23,24)(H,25,26,27)/t13-,19-,20-/m1/s1. The van der Waals surface area contributed by atoms with Crippen LogP contribution in [0.1, 0.15) is 38.3 Å².